The van der Waals surface area contributed by atoms with E-state index in [-0.39, 0.29) is 5.91 Å². The fraction of sp³-hybridized carbons (Fsp3) is 0.583. The summed E-state index contributed by atoms with van der Waals surface area (Å²) in [5.41, 5.74) is 2.09. The summed E-state index contributed by atoms with van der Waals surface area (Å²) in [6.45, 7) is 4.29. The molecule has 0 saturated carbocycles. The first-order chi connectivity index (χ1) is 15.2. The molecule has 1 aromatic heterocycles. The summed E-state index contributed by atoms with van der Waals surface area (Å²) in [4.78, 5) is 18.0. The van der Waals surface area contributed by atoms with E-state index in [2.05, 4.69) is 15.1 Å². The van der Waals surface area contributed by atoms with Crippen LogP contribution >= 0.6 is 0 Å². The number of aromatic nitrogens is 2. The molecule has 7 heteroatoms. The van der Waals surface area contributed by atoms with Crippen LogP contribution < -0.4 is 4.74 Å². The molecule has 4 rings (SSSR count). The Morgan fingerprint density at radius 1 is 1.19 bits per heavy atom. The second-order valence-corrected chi connectivity index (χ2v) is 8.61. The second-order valence-electron chi connectivity index (χ2n) is 8.61. The number of nitrogens with zero attached hydrogens (tertiary/aromatic N) is 3. The average Bonchev–Trinajstić information content (AvgIpc) is 3.31. The lowest BCUT2D eigenvalue weighted by molar-refractivity contribution is 0.0313. The maximum absolute atomic E-state index is 13.4. The molecule has 2 aromatic rings. The van der Waals surface area contributed by atoms with Crippen molar-refractivity contribution in [1.29, 1.82) is 0 Å². The van der Waals surface area contributed by atoms with Gasteiger partial charge in [-0.25, -0.2) is 0 Å². The summed E-state index contributed by atoms with van der Waals surface area (Å²) < 4.78 is 10.8. The Morgan fingerprint density at radius 3 is 2.87 bits per heavy atom. The number of benzene rings is 1. The van der Waals surface area contributed by atoms with Crippen LogP contribution in [0.1, 0.15) is 42.6 Å². The van der Waals surface area contributed by atoms with Gasteiger partial charge in [0.05, 0.1) is 19.4 Å². The maximum Gasteiger partial charge on any atom is 0.271 e. The number of ether oxygens (including phenoxy) is 2. The van der Waals surface area contributed by atoms with Crippen LogP contribution in [0.3, 0.4) is 0 Å². The standard InChI is InChI=1S/C24H34N4O3/c1-30-15-14-28(17-18-8-7-13-27-12-6-5-10-22(18)27)24(29)21-16-20(25-26-21)19-9-3-4-11-23(19)31-2/h3-4,9,11,16,18,22H,5-8,10,12-15,17H2,1-2H3,(H,25,26)/t18-,22+/m1/s1. The fourth-order valence-electron chi connectivity index (χ4n) is 5.15. The van der Waals surface area contributed by atoms with Crippen LogP contribution in [0.2, 0.25) is 0 Å². The highest BCUT2D eigenvalue weighted by Crippen LogP contribution is 2.32. The Kier molecular flexibility index (Phi) is 7.25. The van der Waals surface area contributed by atoms with Gasteiger partial charge in [-0.15, -0.1) is 0 Å². The number of nitrogens with one attached hydrogen (secondary N) is 1. The van der Waals surface area contributed by atoms with Crippen molar-refractivity contribution < 1.29 is 14.3 Å². The highest BCUT2D eigenvalue weighted by molar-refractivity contribution is 5.93. The lowest BCUT2D eigenvalue weighted by Crippen LogP contribution is -2.52. The Hall–Kier alpha value is -2.38. The van der Waals surface area contributed by atoms with Gasteiger partial charge in [-0.05, 0) is 62.9 Å². The number of piperidine rings is 2. The molecule has 2 saturated heterocycles. The second kappa shape index (κ2) is 10.3. The van der Waals surface area contributed by atoms with Crippen molar-refractivity contribution >= 4 is 5.91 Å². The molecule has 0 aliphatic carbocycles. The van der Waals surface area contributed by atoms with Crippen molar-refractivity contribution in [1.82, 2.24) is 20.0 Å². The third kappa shape index (κ3) is 4.93. The molecule has 2 aliphatic rings. The SMILES string of the molecule is COCCN(C[C@H]1CCCN2CCCC[C@@H]12)C(=O)c1cc(-c2ccccc2OC)n[nH]1. The summed E-state index contributed by atoms with van der Waals surface area (Å²) in [7, 11) is 3.32. The number of H-pyrrole nitrogens is 1. The summed E-state index contributed by atoms with van der Waals surface area (Å²) >= 11 is 0. The van der Waals surface area contributed by atoms with Gasteiger partial charge in [0.25, 0.3) is 5.91 Å². The molecular weight excluding hydrogens is 392 g/mol. The first-order valence-corrected chi connectivity index (χ1v) is 11.4. The van der Waals surface area contributed by atoms with Gasteiger partial charge in [-0.3, -0.25) is 9.89 Å². The number of para-hydroxylation sites is 1. The Labute approximate surface area is 184 Å². The van der Waals surface area contributed by atoms with Crippen LogP contribution in [0, 0.1) is 5.92 Å². The average molecular weight is 427 g/mol. The van der Waals surface area contributed by atoms with Crippen LogP contribution in [0.25, 0.3) is 11.3 Å². The molecule has 2 atom stereocenters. The predicted octanol–water partition coefficient (Wildman–Crippen LogP) is 3.44. The quantitative estimate of drug-likeness (QED) is 0.700. The molecule has 0 radical (unpaired) electrons. The number of hydrogen-bond donors (Lipinski definition) is 1. The topological polar surface area (TPSA) is 70.7 Å². The minimum atomic E-state index is -0.0152. The summed E-state index contributed by atoms with van der Waals surface area (Å²) in [6.07, 6.45) is 6.25. The number of carbonyl (C=O) groups excluding carboxylic acids is 1. The van der Waals surface area contributed by atoms with E-state index in [4.69, 9.17) is 9.47 Å². The normalized spacial score (nSPS) is 21.5. The number of methoxy groups -OCH3 is 2. The van der Waals surface area contributed by atoms with E-state index >= 15 is 0 Å². The van der Waals surface area contributed by atoms with Gasteiger partial charge in [0.15, 0.2) is 0 Å². The van der Waals surface area contributed by atoms with Gasteiger partial charge in [-0.2, -0.15) is 5.10 Å². The molecule has 0 unspecified atom stereocenters. The third-order valence-corrected chi connectivity index (χ3v) is 6.73. The number of amides is 1. The molecule has 0 spiro atoms. The van der Waals surface area contributed by atoms with E-state index in [1.807, 2.05) is 35.2 Å². The molecule has 7 nitrogen and oxygen atoms in total. The zero-order valence-corrected chi connectivity index (χ0v) is 18.7. The molecule has 0 bridgehead atoms. The smallest absolute Gasteiger partial charge is 0.271 e. The van der Waals surface area contributed by atoms with E-state index in [1.165, 1.54) is 45.2 Å². The van der Waals surface area contributed by atoms with Crippen LogP contribution in [-0.4, -0.2) is 79.0 Å². The van der Waals surface area contributed by atoms with E-state index in [9.17, 15) is 4.79 Å². The first-order valence-electron chi connectivity index (χ1n) is 11.4. The number of aromatic amines is 1. The monoisotopic (exact) mass is 426 g/mol. The zero-order valence-electron chi connectivity index (χ0n) is 18.7. The predicted molar refractivity (Wildman–Crippen MR) is 120 cm³/mol. The lowest BCUT2D eigenvalue weighted by atomic mass is 9.83. The Balaban J connectivity index is 1.51. The third-order valence-electron chi connectivity index (χ3n) is 6.73. The Bertz CT molecular complexity index is 866. The van der Waals surface area contributed by atoms with Gasteiger partial charge < -0.3 is 19.3 Å². The van der Waals surface area contributed by atoms with Crippen LogP contribution in [0.15, 0.2) is 30.3 Å². The van der Waals surface area contributed by atoms with Crippen molar-refractivity contribution in [3.63, 3.8) is 0 Å². The summed E-state index contributed by atoms with van der Waals surface area (Å²) in [5.74, 6) is 1.24. The molecule has 31 heavy (non-hydrogen) atoms. The van der Waals surface area contributed by atoms with Gasteiger partial charge in [0, 0.05) is 31.8 Å². The van der Waals surface area contributed by atoms with E-state index < -0.39 is 0 Å². The van der Waals surface area contributed by atoms with E-state index in [0.29, 0.717) is 36.5 Å². The van der Waals surface area contributed by atoms with Gasteiger partial charge in [0.1, 0.15) is 11.4 Å². The highest BCUT2D eigenvalue weighted by Gasteiger charge is 2.35. The summed E-state index contributed by atoms with van der Waals surface area (Å²) in [6, 6.07) is 10.1. The Morgan fingerprint density at radius 2 is 2.03 bits per heavy atom. The largest absolute Gasteiger partial charge is 0.496 e. The van der Waals surface area contributed by atoms with Crippen LogP contribution in [-0.2, 0) is 4.74 Å². The van der Waals surface area contributed by atoms with Gasteiger partial charge in [0.2, 0.25) is 0 Å². The van der Waals surface area contributed by atoms with Gasteiger partial charge >= 0.3 is 0 Å². The number of fused-ring (bicyclic) bond motifs is 1. The molecular formula is C24H34N4O3. The minimum absolute atomic E-state index is 0.0152. The number of carbonyl (C=O) groups is 1. The zero-order chi connectivity index (χ0) is 21.6. The fourth-order valence-corrected chi connectivity index (χ4v) is 5.15. The van der Waals surface area contributed by atoms with Gasteiger partial charge in [-0.1, -0.05) is 18.6 Å². The van der Waals surface area contributed by atoms with Crippen molar-refractivity contribution in [3.05, 3.63) is 36.0 Å². The van der Waals surface area contributed by atoms with Crippen LogP contribution in [0.4, 0.5) is 0 Å². The van der Waals surface area contributed by atoms with Crippen molar-refractivity contribution in [2.24, 2.45) is 5.92 Å². The minimum Gasteiger partial charge on any atom is -0.496 e. The van der Waals surface area contributed by atoms with Crippen LogP contribution in [0.5, 0.6) is 5.75 Å². The molecule has 2 aliphatic heterocycles. The molecule has 1 N–H and O–H groups in total. The van der Waals surface area contributed by atoms with E-state index in [1.54, 1.807) is 14.2 Å². The van der Waals surface area contributed by atoms with Crippen molar-refractivity contribution in [2.45, 2.75) is 38.1 Å². The molecule has 3 heterocycles. The lowest BCUT2D eigenvalue weighted by Gasteiger charge is -2.45. The molecule has 168 valence electrons. The number of rotatable bonds is 8. The van der Waals surface area contributed by atoms with Crippen molar-refractivity contribution in [2.75, 3.05) is 47.0 Å². The molecule has 2 fully saturated rings. The first kappa shape index (κ1) is 21.8. The molecule has 1 aromatic carbocycles. The number of hydrogen-bond acceptors (Lipinski definition) is 5. The molecule has 1 amide bonds. The maximum atomic E-state index is 13.4. The highest BCUT2D eigenvalue weighted by atomic mass is 16.5. The summed E-state index contributed by atoms with van der Waals surface area (Å²) in [5, 5.41) is 7.36. The van der Waals surface area contributed by atoms with Crippen molar-refractivity contribution in [3.8, 4) is 17.0 Å². The van der Waals surface area contributed by atoms with E-state index in [0.717, 1.165) is 17.9 Å².